The highest BCUT2D eigenvalue weighted by molar-refractivity contribution is 7.46. The van der Waals surface area contributed by atoms with Gasteiger partial charge in [0, 0.05) is 6.42 Å². The zero-order valence-electron chi connectivity index (χ0n) is 33.1. The Balaban J connectivity index is 3.84. The molecule has 0 aromatic heterocycles. The number of phosphoric acid groups is 1. The smallest absolute Gasteiger partial charge is 0.387 e. The molecule has 0 aliphatic rings. The molecule has 298 valence electrons. The molecule has 0 rings (SSSR count). The summed E-state index contributed by atoms with van der Waals surface area (Å²) in [6.07, 6.45) is 45.3. The van der Waals surface area contributed by atoms with Crippen LogP contribution in [-0.2, 0) is 13.9 Å². The van der Waals surface area contributed by atoms with Crippen LogP contribution in [0.4, 0.5) is 0 Å². The van der Waals surface area contributed by atoms with Crippen molar-refractivity contribution in [3.63, 3.8) is 0 Å². The largest absolute Gasteiger partial charge is 0.469 e. The number of phosphoric ester groups is 1. The Bertz CT molecular complexity index is 788. The maximum absolute atomic E-state index is 12.6. The number of carbonyl (C=O) groups is 1. The van der Waals surface area contributed by atoms with Gasteiger partial charge in [0.05, 0.1) is 18.8 Å². The third kappa shape index (κ3) is 38.5. The first-order valence-electron chi connectivity index (χ1n) is 21.6. The highest BCUT2D eigenvalue weighted by Gasteiger charge is 2.24. The van der Waals surface area contributed by atoms with E-state index in [-0.39, 0.29) is 5.91 Å². The van der Waals surface area contributed by atoms with Crippen LogP contribution in [0.2, 0.25) is 0 Å². The highest BCUT2D eigenvalue weighted by Crippen LogP contribution is 2.35. The van der Waals surface area contributed by atoms with Crippen LogP contribution in [0, 0.1) is 0 Å². The summed E-state index contributed by atoms with van der Waals surface area (Å²) in [5, 5.41) is 13.4. The van der Waals surface area contributed by atoms with E-state index in [1.165, 1.54) is 173 Å². The lowest BCUT2D eigenvalue weighted by atomic mass is 10.0. The van der Waals surface area contributed by atoms with Crippen molar-refractivity contribution in [2.75, 3.05) is 6.61 Å². The predicted molar refractivity (Wildman–Crippen MR) is 213 cm³/mol. The Morgan fingerprint density at radius 3 is 1.22 bits per heavy atom. The Morgan fingerprint density at radius 1 is 0.560 bits per heavy atom. The summed E-state index contributed by atoms with van der Waals surface area (Å²) < 4.78 is 15.9. The van der Waals surface area contributed by atoms with E-state index in [4.69, 9.17) is 9.79 Å². The van der Waals surface area contributed by atoms with Gasteiger partial charge in [-0.2, -0.15) is 0 Å². The number of rotatable bonds is 40. The number of unbranched alkanes of at least 4 members (excludes halogenated alkanes) is 31. The quantitative estimate of drug-likeness (QED) is 0.0283. The molecule has 0 unspecified atom stereocenters. The molecule has 0 saturated carbocycles. The molecule has 0 heterocycles. The van der Waals surface area contributed by atoms with E-state index in [1.807, 2.05) is 6.08 Å². The molecule has 0 fully saturated rings. The van der Waals surface area contributed by atoms with E-state index in [0.717, 1.165) is 38.5 Å². The molecular weight excluding hydrogens is 645 g/mol. The number of allylic oxidation sites excluding steroid dienone is 1. The van der Waals surface area contributed by atoms with Gasteiger partial charge in [0.25, 0.3) is 0 Å². The van der Waals surface area contributed by atoms with Gasteiger partial charge < -0.3 is 20.2 Å². The molecule has 0 spiro atoms. The minimum Gasteiger partial charge on any atom is -0.387 e. The summed E-state index contributed by atoms with van der Waals surface area (Å²) in [5.41, 5.74) is 0. The van der Waals surface area contributed by atoms with Gasteiger partial charge in [0.15, 0.2) is 0 Å². The number of hydrogen-bond acceptors (Lipinski definition) is 4. The van der Waals surface area contributed by atoms with Crippen LogP contribution in [-0.4, -0.2) is 39.6 Å². The van der Waals surface area contributed by atoms with Gasteiger partial charge in [-0.3, -0.25) is 9.32 Å². The number of hydrogen-bond donors (Lipinski definition) is 4. The van der Waals surface area contributed by atoms with Crippen LogP contribution in [0.1, 0.15) is 232 Å². The first-order chi connectivity index (χ1) is 24.3. The zero-order valence-corrected chi connectivity index (χ0v) is 34.0. The lowest BCUT2D eigenvalue weighted by molar-refractivity contribution is -0.123. The van der Waals surface area contributed by atoms with Gasteiger partial charge in [-0.25, -0.2) is 4.57 Å². The Morgan fingerprint density at radius 2 is 0.880 bits per heavy atom. The van der Waals surface area contributed by atoms with Crippen molar-refractivity contribution in [1.29, 1.82) is 0 Å². The second kappa shape index (κ2) is 38.0. The monoisotopic (exact) mass is 730 g/mol. The van der Waals surface area contributed by atoms with E-state index >= 15 is 0 Å². The fraction of sp³-hybridized carbons (Fsp3) is 0.929. The van der Waals surface area contributed by atoms with Gasteiger partial charge in [-0.1, -0.05) is 219 Å². The molecule has 7 nitrogen and oxygen atoms in total. The van der Waals surface area contributed by atoms with Crippen LogP contribution in [0.3, 0.4) is 0 Å². The molecule has 50 heavy (non-hydrogen) atoms. The molecule has 0 aromatic rings. The lowest BCUT2D eigenvalue weighted by Gasteiger charge is -2.22. The summed E-state index contributed by atoms with van der Waals surface area (Å²) in [4.78, 5) is 30.9. The summed E-state index contributed by atoms with van der Waals surface area (Å²) in [6.45, 7) is 4.08. The number of amides is 1. The van der Waals surface area contributed by atoms with Crippen molar-refractivity contribution in [2.45, 2.75) is 244 Å². The maximum atomic E-state index is 12.6. The second-order valence-electron chi connectivity index (χ2n) is 15.0. The number of carbonyl (C=O) groups excluding carboxylic acids is 1. The van der Waals surface area contributed by atoms with Crippen molar-refractivity contribution in [3.8, 4) is 0 Å². The van der Waals surface area contributed by atoms with Crippen molar-refractivity contribution < 1.29 is 28.8 Å². The maximum Gasteiger partial charge on any atom is 0.469 e. The first-order valence-corrected chi connectivity index (χ1v) is 23.2. The van der Waals surface area contributed by atoms with Crippen LogP contribution in [0.5, 0.6) is 0 Å². The van der Waals surface area contributed by atoms with E-state index < -0.39 is 26.6 Å². The van der Waals surface area contributed by atoms with Crippen molar-refractivity contribution in [2.24, 2.45) is 0 Å². The molecule has 1 amide bonds. The topological polar surface area (TPSA) is 116 Å². The standard InChI is InChI=1S/C42H84NO6P/c1-3-5-7-9-11-13-15-17-18-19-20-21-22-23-24-25-26-28-30-32-34-36-38-42(45)43-40(39-49-50(46,47)48)41(44)37-35-33-31-29-27-16-14-12-10-8-6-4-2/h35,37,40-41,44H,3-34,36,38-39H2,1-2H3,(H,43,45)(H2,46,47,48)/b37-35+/t40-,41+/m0/s1. The van der Waals surface area contributed by atoms with E-state index in [0.29, 0.717) is 6.42 Å². The minimum absolute atomic E-state index is 0.223. The summed E-state index contributed by atoms with van der Waals surface area (Å²) in [7, 11) is -4.71. The number of aliphatic hydroxyl groups is 1. The zero-order chi connectivity index (χ0) is 36.8. The van der Waals surface area contributed by atoms with Gasteiger partial charge >= 0.3 is 7.82 Å². The molecule has 0 radical (unpaired) electrons. The molecule has 0 bridgehead atoms. The highest BCUT2D eigenvalue weighted by atomic mass is 31.2. The van der Waals surface area contributed by atoms with Crippen LogP contribution < -0.4 is 5.32 Å². The fourth-order valence-electron chi connectivity index (χ4n) is 6.70. The lowest BCUT2D eigenvalue weighted by Crippen LogP contribution is -2.45. The number of nitrogens with one attached hydrogen (secondary N) is 1. The molecule has 0 saturated heterocycles. The minimum atomic E-state index is -4.71. The van der Waals surface area contributed by atoms with Crippen molar-refractivity contribution in [3.05, 3.63) is 12.2 Å². The average molecular weight is 730 g/mol. The molecule has 8 heteroatoms. The van der Waals surface area contributed by atoms with Crippen molar-refractivity contribution >= 4 is 13.7 Å². The Kier molecular flexibility index (Phi) is 37.5. The Labute approximate surface area is 310 Å². The molecule has 4 N–H and O–H groups in total. The van der Waals surface area contributed by atoms with Crippen molar-refractivity contribution in [1.82, 2.24) is 5.32 Å². The summed E-state index contributed by atoms with van der Waals surface area (Å²) in [5.74, 6) is -0.223. The van der Waals surface area contributed by atoms with Crippen LogP contribution in [0.15, 0.2) is 12.2 Å². The molecule has 0 aromatic carbocycles. The third-order valence-electron chi connectivity index (χ3n) is 10.00. The summed E-state index contributed by atoms with van der Waals surface area (Å²) in [6, 6.07) is -0.904. The SMILES string of the molecule is CCCCCCCCCCCC/C=C/[C@@H](O)[C@H](COP(=O)(O)O)NC(=O)CCCCCCCCCCCCCCCCCCCCCCCC. The van der Waals surface area contributed by atoms with E-state index in [1.54, 1.807) is 6.08 Å². The second-order valence-corrected chi connectivity index (χ2v) is 16.3. The van der Waals surface area contributed by atoms with E-state index in [9.17, 15) is 14.5 Å². The molecule has 2 atom stereocenters. The molecule has 0 aliphatic carbocycles. The van der Waals surface area contributed by atoms with Gasteiger partial charge in [0.2, 0.25) is 5.91 Å². The number of aliphatic hydroxyl groups excluding tert-OH is 1. The average Bonchev–Trinajstić information content (AvgIpc) is 3.08. The fourth-order valence-corrected chi connectivity index (χ4v) is 7.05. The normalized spacial score (nSPS) is 13.3. The van der Waals surface area contributed by atoms with Crippen LogP contribution >= 0.6 is 7.82 Å². The third-order valence-corrected chi connectivity index (χ3v) is 10.5. The predicted octanol–water partition coefficient (Wildman–Crippen LogP) is 12.8. The molecular formula is C42H84NO6P. The van der Waals surface area contributed by atoms with Crippen LogP contribution in [0.25, 0.3) is 0 Å². The van der Waals surface area contributed by atoms with Gasteiger partial charge in [-0.05, 0) is 19.3 Å². The van der Waals surface area contributed by atoms with E-state index in [2.05, 4.69) is 23.7 Å². The molecule has 0 aliphatic heterocycles. The Hall–Kier alpha value is -0.720. The van der Waals surface area contributed by atoms with Gasteiger partial charge in [-0.15, -0.1) is 0 Å². The first kappa shape index (κ1) is 49.3. The van der Waals surface area contributed by atoms with Gasteiger partial charge in [0.1, 0.15) is 0 Å². The summed E-state index contributed by atoms with van der Waals surface area (Å²) >= 11 is 0.